The summed E-state index contributed by atoms with van der Waals surface area (Å²) in [5.74, 6) is 0.634. The Morgan fingerprint density at radius 2 is 2.27 bits per heavy atom. The van der Waals surface area contributed by atoms with Crippen molar-refractivity contribution in [3.63, 3.8) is 0 Å². The van der Waals surface area contributed by atoms with Gasteiger partial charge in [-0.05, 0) is 34.5 Å². The van der Waals surface area contributed by atoms with E-state index in [1.165, 1.54) is 0 Å². The lowest BCUT2D eigenvalue weighted by molar-refractivity contribution is 0.410. The number of ether oxygens (including phenoxy) is 1. The third-order valence-corrected chi connectivity index (χ3v) is 1.95. The van der Waals surface area contributed by atoms with Crippen LogP contribution in [-0.2, 0) is 0 Å². The highest BCUT2D eigenvalue weighted by Gasteiger charge is 2.06. The van der Waals surface area contributed by atoms with Crippen molar-refractivity contribution in [1.29, 1.82) is 0 Å². The molecule has 4 heteroatoms. The zero-order chi connectivity index (χ0) is 8.43. The van der Waals surface area contributed by atoms with Gasteiger partial charge in [0.2, 0.25) is 0 Å². The number of hydrogen-bond donors (Lipinski definition) is 0. The van der Waals surface area contributed by atoms with Crippen LogP contribution < -0.4 is 4.74 Å². The van der Waals surface area contributed by atoms with Gasteiger partial charge in [-0.1, -0.05) is 11.6 Å². The number of hydrogen-bond acceptors (Lipinski definition) is 2. The molecular weight excluding hydrogens is 229 g/mol. The molecule has 0 atom stereocenters. The van der Waals surface area contributed by atoms with E-state index in [1.54, 1.807) is 7.11 Å². The van der Waals surface area contributed by atoms with Gasteiger partial charge in [-0.15, -0.1) is 0 Å². The number of aromatic nitrogens is 1. The molecule has 1 heterocycles. The highest BCUT2D eigenvalue weighted by molar-refractivity contribution is 9.10. The minimum atomic E-state index is 0.388. The molecule has 0 aliphatic carbocycles. The van der Waals surface area contributed by atoms with Crippen molar-refractivity contribution in [3.05, 3.63) is 21.4 Å². The summed E-state index contributed by atoms with van der Waals surface area (Å²) in [4.78, 5) is 3.96. The van der Waals surface area contributed by atoms with Crippen molar-refractivity contribution in [2.75, 3.05) is 7.11 Å². The van der Waals surface area contributed by atoms with Gasteiger partial charge < -0.3 is 4.74 Å². The Hall–Kier alpha value is -0.280. The molecule has 0 amide bonds. The standard InChI is InChI=1S/C7H7BrClNO/c1-4-3-5(8)10-7(9)6(4)11-2/h3H,1-2H3. The summed E-state index contributed by atoms with van der Waals surface area (Å²) >= 11 is 8.99. The Morgan fingerprint density at radius 3 is 2.73 bits per heavy atom. The second kappa shape index (κ2) is 3.41. The highest BCUT2D eigenvalue weighted by Crippen LogP contribution is 2.28. The minimum Gasteiger partial charge on any atom is -0.493 e. The quantitative estimate of drug-likeness (QED) is 0.700. The summed E-state index contributed by atoms with van der Waals surface area (Å²) in [6, 6.07) is 1.85. The Balaban J connectivity index is 3.25. The van der Waals surface area contributed by atoms with E-state index in [9.17, 15) is 0 Å². The number of rotatable bonds is 1. The summed E-state index contributed by atoms with van der Waals surface area (Å²) < 4.78 is 5.74. The van der Waals surface area contributed by atoms with Crippen LogP contribution in [0, 0.1) is 6.92 Å². The lowest BCUT2D eigenvalue weighted by Gasteiger charge is -2.05. The number of aryl methyl sites for hydroxylation is 1. The van der Waals surface area contributed by atoms with Crippen molar-refractivity contribution in [3.8, 4) is 5.75 Å². The van der Waals surface area contributed by atoms with Crippen molar-refractivity contribution in [1.82, 2.24) is 4.98 Å². The van der Waals surface area contributed by atoms with Crippen LogP contribution in [0.1, 0.15) is 5.56 Å². The molecule has 0 saturated carbocycles. The third-order valence-electron chi connectivity index (χ3n) is 1.29. The fraction of sp³-hybridized carbons (Fsp3) is 0.286. The zero-order valence-corrected chi connectivity index (χ0v) is 8.53. The van der Waals surface area contributed by atoms with Crippen LogP contribution >= 0.6 is 27.5 Å². The maximum Gasteiger partial charge on any atom is 0.172 e. The van der Waals surface area contributed by atoms with Crippen molar-refractivity contribution in [2.24, 2.45) is 0 Å². The summed E-state index contributed by atoms with van der Waals surface area (Å²) in [6.07, 6.45) is 0. The molecule has 0 spiro atoms. The van der Waals surface area contributed by atoms with E-state index in [1.807, 2.05) is 13.0 Å². The van der Waals surface area contributed by atoms with Crippen LogP contribution in [0.2, 0.25) is 5.15 Å². The van der Waals surface area contributed by atoms with E-state index in [0.29, 0.717) is 10.9 Å². The first kappa shape index (κ1) is 8.81. The third kappa shape index (κ3) is 1.84. The predicted molar refractivity (Wildman–Crippen MR) is 48.2 cm³/mol. The molecule has 0 aromatic carbocycles. The lowest BCUT2D eigenvalue weighted by Crippen LogP contribution is -1.90. The summed E-state index contributed by atoms with van der Waals surface area (Å²) in [7, 11) is 1.57. The van der Waals surface area contributed by atoms with Gasteiger partial charge in [0.1, 0.15) is 4.60 Å². The first-order valence-corrected chi connectivity index (χ1v) is 4.19. The molecule has 1 aromatic heterocycles. The van der Waals surface area contributed by atoms with E-state index in [-0.39, 0.29) is 0 Å². The van der Waals surface area contributed by atoms with Crippen LogP contribution in [0.5, 0.6) is 5.75 Å². The zero-order valence-electron chi connectivity index (χ0n) is 6.19. The van der Waals surface area contributed by atoms with E-state index in [4.69, 9.17) is 16.3 Å². The molecule has 0 aliphatic rings. The Labute approximate surface area is 78.7 Å². The lowest BCUT2D eigenvalue weighted by atomic mass is 10.3. The first-order valence-electron chi connectivity index (χ1n) is 3.01. The molecule has 0 aliphatic heterocycles. The van der Waals surface area contributed by atoms with Gasteiger partial charge in [-0.2, -0.15) is 0 Å². The maximum atomic E-state index is 5.77. The molecule has 0 fully saturated rings. The minimum absolute atomic E-state index is 0.388. The number of nitrogens with zero attached hydrogens (tertiary/aromatic N) is 1. The molecule has 1 rings (SSSR count). The topological polar surface area (TPSA) is 22.1 Å². The predicted octanol–water partition coefficient (Wildman–Crippen LogP) is 2.81. The molecule has 2 nitrogen and oxygen atoms in total. The van der Waals surface area contributed by atoms with Crippen LogP contribution in [0.25, 0.3) is 0 Å². The van der Waals surface area contributed by atoms with Gasteiger partial charge in [0.05, 0.1) is 7.11 Å². The first-order chi connectivity index (χ1) is 5.15. The van der Waals surface area contributed by atoms with Gasteiger partial charge in [-0.3, -0.25) is 0 Å². The van der Waals surface area contributed by atoms with Gasteiger partial charge in [0.15, 0.2) is 10.9 Å². The van der Waals surface area contributed by atoms with Gasteiger partial charge in [-0.25, -0.2) is 4.98 Å². The average Bonchev–Trinajstić information content (AvgIpc) is 1.85. The molecule has 0 N–H and O–H groups in total. The average molecular weight is 236 g/mol. The fourth-order valence-electron chi connectivity index (χ4n) is 0.829. The molecule has 0 radical (unpaired) electrons. The normalized spacial score (nSPS) is 9.82. The van der Waals surface area contributed by atoms with E-state index >= 15 is 0 Å². The number of halogens is 2. The van der Waals surface area contributed by atoms with E-state index in [0.717, 1.165) is 10.2 Å². The van der Waals surface area contributed by atoms with Gasteiger partial charge in [0, 0.05) is 0 Å². The molecule has 0 bridgehead atoms. The van der Waals surface area contributed by atoms with Crippen molar-refractivity contribution in [2.45, 2.75) is 6.92 Å². The van der Waals surface area contributed by atoms with Crippen molar-refractivity contribution < 1.29 is 4.74 Å². The number of methoxy groups -OCH3 is 1. The summed E-state index contributed by atoms with van der Waals surface area (Å²) in [5, 5.41) is 0.388. The number of pyridine rings is 1. The monoisotopic (exact) mass is 235 g/mol. The Morgan fingerprint density at radius 1 is 1.64 bits per heavy atom. The molecule has 60 valence electrons. The maximum absolute atomic E-state index is 5.77. The van der Waals surface area contributed by atoms with E-state index in [2.05, 4.69) is 20.9 Å². The molecule has 0 unspecified atom stereocenters. The SMILES string of the molecule is COc1c(C)cc(Br)nc1Cl. The molecule has 11 heavy (non-hydrogen) atoms. The molecular formula is C7H7BrClNO. The molecule has 0 saturated heterocycles. The Kier molecular flexibility index (Phi) is 2.73. The largest absolute Gasteiger partial charge is 0.493 e. The van der Waals surface area contributed by atoms with Crippen LogP contribution in [0.3, 0.4) is 0 Å². The van der Waals surface area contributed by atoms with Crippen LogP contribution in [-0.4, -0.2) is 12.1 Å². The Bertz CT molecular complexity index is 254. The summed E-state index contributed by atoms with van der Waals surface area (Å²) in [5.41, 5.74) is 0.972. The van der Waals surface area contributed by atoms with Crippen LogP contribution in [0.15, 0.2) is 10.7 Å². The summed E-state index contributed by atoms with van der Waals surface area (Å²) in [6.45, 7) is 1.91. The second-order valence-electron chi connectivity index (χ2n) is 2.09. The fourth-order valence-corrected chi connectivity index (χ4v) is 1.77. The van der Waals surface area contributed by atoms with Gasteiger partial charge >= 0.3 is 0 Å². The smallest absolute Gasteiger partial charge is 0.172 e. The molecule has 1 aromatic rings. The highest BCUT2D eigenvalue weighted by atomic mass is 79.9. The second-order valence-corrected chi connectivity index (χ2v) is 3.26. The van der Waals surface area contributed by atoms with E-state index < -0.39 is 0 Å². The van der Waals surface area contributed by atoms with Crippen molar-refractivity contribution >= 4 is 27.5 Å². The van der Waals surface area contributed by atoms with Crippen LogP contribution in [0.4, 0.5) is 0 Å². The van der Waals surface area contributed by atoms with Gasteiger partial charge in [0.25, 0.3) is 0 Å².